The van der Waals surface area contributed by atoms with E-state index in [1.165, 1.54) is 5.56 Å². The number of aromatic nitrogens is 1. The second kappa shape index (κ2) is 12.0. The first kappa shape index (κ1) is 23.4. The highest BCUT2D eigenvalue weighted by molar-refractivity contribution is 14.0. The van der Waals surface area contributed by atoms with E-state index in [2.05, 4.69) is 62.8 Å². The van der Waals surface area contributed by atoms with Crippen LogP contribution in [0, 0.1) is 0 Å². The van der Waals surface area contributed by atoms with Gasteiger partial charge in [-0.25, -0.2) is 4.98 Å². The van der Waals surface area contributed by atoms with Gasteiger partial charge in [0.2, 0.25) is 5.88 Å². The van der Waals surface area contributed by atoms with Gasteiger partial charge in [-0.05, 0) is 37.0 Å². The molecule has 3 rings (SSSR count). The van der Waals surface area contributed by atoms with Crippen LogP contribution in [0.3, 0.4) is 0 Å². The van der Waals surface area contributed by atoms with Gasteiger partial charge < -0.3 is 15.4 Å². The van der Waals surface area contributed by atoms with Gasteiger partial charge in [0.25, 0.3) is 0 Å². The number of aliphatic imine (C=N–C) groups is 1. The van der Waals surface area contributed by atoms with Gasteiger partial charge in [0, 0.05) is 51.0 Å². The Morgan fingerprint density at radius 1 is 1.24 bits per heavy atom. The number of likely N-dealkylation sites (tertiary alicyclic amines) is 1. The van der Waals surface area contributed by atoms with Crippen molar-refractivity contribution in [1.29, 1.82) is 0 Å². The molecule has 2 N–H and O–H groups in total. The topological polar surface area (TPSA) is 61.8 Å². The summed E-state index contributed by atoms with van der Waals surface area (Å²) in [5.74, 6) is 1.46. The number of pyridine rings is 1. The Kier molecular flexibility index (Phi) is 9.66. The molecule has 6 nitrogen and oxygen atoms in total. The SMILES string of the molecule is CN=C(NCc1ccnc(OC)c1)NC1CCN(Cc2ccccc2)C(C)C1.I. The molecule has 2 aromatic rings. The number of ether oxygens (including phenoxy) is 1. The summed E-state index contributed by atoms with van der Waals surface area (Å²) in [6.45, 7) is 5.11. The lowest BCUT2D eigenvalue weighted by Crippen LogP contribution is -2.51. The normalized spacial score (nSPS) is 19.9. The first-order valence-corrected chi connectivity index (χ1v) is 9.92. The fourth-order valence-corrected chi connectivity index (χ4v) is 3.65. The van der Waals surface area contributed by atoms with Crippen molar-refractivity contribution in [1.82, 2.24) is 20.5 Å². The third kappa shape index (κ3) is 7.15. The van der Waals surface area contributed by atoms with E-state index in [1.807, 2.05) is 19.2 Å². The molecule has 0 bridgehead atoms. The van der Waals surface area contributed by atoms with Gasteiger partial charge in [0.1, 0.15) is 0 Å². The van der Waals surface area contributed by atoms with E-state index in [0.717, 1.165) is 37.5 Å². The Hall–Kier alpha value is -1.87. The lowest BCUT2D eigenvalue weighted by atomic mass is 9.97. The van der Waals surface area contributed by atoms with Crippen LogP contribution in [0.4, 0.5) is 0 Å². The molecule has 1 saturated heterocycles. The van der Waals surface area contributed by atoms with Crippen molar-refractivity contribution in [2.75, 3.05) is 20.7 Å². The lowest BCUT2D eigenvalue weighted by Gasteiger charge is -2.38. The van der Waals surface area contributed by atoms with Gasteiger partial charge in [-0.2, -0.15) is 0 Å². The monoisotopic (exact) mass is 509 g/mol. The zero-order chi connectivity index (χ0) is 19.8. The zero-order valence-electron chi connectivity index (χ0n) is 17.5. The van der Waals surface area contributed by atoms with Crippen molar-refractivity contribution >= 4 is 29.9 Å². The largest absolute Gasteiger partial charge is 0.481 e. The van der Waals surface area contributed by atoms with E-state index in [0.29, 0.717) is 24.5 Å². The van der Waals surface area contributed by atoms with Crippen LogP contribution < -0.4 is 15.4 Å². The van der Waals surface area contributed by atoms with Gasteiger partial charge in [0.05, 0.1) is 7.11 Å². The number of methoxy groups -OCH3 is 1. The third-order valence-corrected chi connectivity index (χ3v) is 5.28. The first-order valence-electron chi connectivity index (χ1n) is 9.92. The molecule has 0 radical (unpaired) electrons. The van der Waals surface area contributed by atoms with Crippen molar-refractivity contribution in [3.8, 4) is 5.88 Å². The van der Waals surface area contributed by atoms with Crippen LogP contribution in [-0.2, 0) is 13.1 Å². The molecule has 2 unspecified atom stereocenters. The number of hydrogen-bond donors (Lipinski definition) is 2. The zero-order valence-corrected chi connectivity index (χ0v) is 19.8. The van der Waals surface area contributed by atoms with Crippen molar-refractivity contribution in [2.45, 2.75) is 44.9 Å². The maximum Gasteiger partial charge on any atom is 0.213 e. The van der Waals surface area contributed by atoms with Crippen molar-refractivity contribution in [2.24, 2.45) is 4.99 Å². The summed E-state index contributed by atoms with van der Waals surface area (Å²) in [6.07, 6.45) is 3.98. The number of hydrogen-bond acceptors (Lipinski definition) is 4. The van der Waals surface area contributed by atoms with Crippen LogP contribution in [0.25, 0.3) is 0 Å². The first-order chi connectivity index (χ1) is 13.7. The molecule has 29 heavy (non-hydrogen) atoms. The maximum atomic E-state index is 5.18. The summed E-state index contributed by atoms with van der Waals surface area (Å²) in [7, 11) is 3.45. The molecule has 2 atom stereocenters. The van der Waals surface area contributed by atoms with Gasteiger partial charge in [-0.3, -0.25) is 9.89 Å². The van der Waals surface area contributed by atoms with Crippen molar-refractivity contribution in [3.63, 3.8) is 0 Å². The summed E-state index contributed by atoms with van der Waals surface area (Å²) >= 11 is 0. The molecule has 0 saturated carbocycles. The Labute approximate surface area is 191 Å². The lowest BCUT2D eigenvalue weighted by molar-refractivity contribution is 0.134. The number of benzene rings is 1. The molecule has 1 fully saturated rings. The predicted molar refractivity (Wildman–Crippen MR) is 129 cm³/mol. The summed E-state index contributed by atoms with van der Waals surface area (Å²) < 4.78 is 5.18. The van der Waals surface area contributed by atoms with Crippen LogP contribution in [0.15, 0.2) is 53.7 Å². The van der Waals surface area contributed by atoms with Gasteiger partial charge in [-0.1, -0.05) is 30.3 Å². The van der Waals surface area contributed by atoms with Crippen LogP contribution in [0.5, 0.6) is 5.88 Å². The Bertz CT molecular complexity index is 771. The number of guanidine groups is 1. The van der Waals surface area contributed by atoms with Gasteiger partial charge in [0.15, 0.2) is 5.96 Å². The standard InChI is InChI=1S/C22H31N5O.HI/c1-17-13-20(10-12-27(17)16-18-7-5-4-6-8-18)26-22(23-2)25-15-19-9-11-24-21(14-19)28-3;/h4-9,11,14,17,20H,10,12-13,15-16H2,1-3H3,(H2,23,25,26);1H. The smallest absolute Gasteiger partial charge is 0.213 e. The number of nitrogens with zero attached hydrogens (tertiary/aromatic N) is 3. The summed E-state index contributed by atoms with van der Waals surface area (Å²) in [6, 6.07) is 15.6. The fraction of sp³-hybridized carbons (Fsp3) is 0.455. The Morgan fingerprint density at radius 2 is 2.03 bits per heavy atom. The van der Waals surface area contributed by atoms with Crippen LogP contribution in [0.2, 0.25) is 0 Å². The Morgan fingerprint density at radius 3 is 2.72 bits per heavy atom. The van der Waals surface area contributed by atoms with E-state index in [9.17, 15) is 0 Å². The second-order valence-corrected chi connectivity index (χ2v) is 7.30. The van der Waals surface area contributed by atoms with E-state index in [4.69, 9.17) is 4.74 Å². The predicted octanol–water partition coefficient (Wildman–Crippen LogP) is 3.43. The number of rotatable bonds is 6. The molecule has 1 aromatic heterocycles. The minimum Gasteiger partial charge on any atom is -0.481 e. The number of nitrogens with one attached hydrogen (secondary N) is 2. The molecule has 1 aromatic carbocycles. The highest BCUT2D eigenvalue weighted by Crippen LogP contribution is 2.20. The summed E-state index contributed by atoms with van der Waals surface area (Å²) in [4.78, 5) is 11.1. The third-order valence-electron chi connectivity index (χ3n) is 5.28. The minimum absolute atomic E-state index is 0. The van der Waals surface area contributed by atoms with Gasteiger partial charge in [-0.15, -0.1) is 24.0 Å². The quantitative estimate of drug-likeness (QED) is 0.355. The van der Waals surface area contributed by atoms with Crippen LogP contribution in [0.1, 0.15) is 30.9 Å². The van der Waals surface area contributed by atoms with E-state index < -0.39 is 0 Å². The average Bonchev–Trinajstić information content (AvgIpc) is 2.74. The molecule has 0 amide bonds. The van der Waals surface area contributed by atoms with Crippen LogP contribution >= 0.6 is 24.0 Å². The number of piperidine rings is 1. The molecule has 1 aliphatic rings. The number of halogens is 1. The molecular formula is C22H32IN5O. The summed E-state index contributed by atoms with van der Waals surface area (Å²) in [5, 5.41) is 6.98. The van der Waals surface area contributed by atoms with E-state index in [-0.39, 0.29) is 24.0 Å². The molecule has 7 heteroatoms. The maximum absolute atomic E-state index is 5.18. The van der Waals surface area contributed by atoms with E-state index >= 15 is 0 Å². The highest BCUT2D eigenvalue weighted by Gasteiger charge is 2.25. The fourth-order valence-electron chi connectivity index (χ4n) is 3.65. The molecule has 0 spiro atoms. The highest BCUT2D eigenvalue weighted by atomic mass is 127. The molecule has 0 aliphatic carbocycles. The van der Waals surface area contributed by atoms with E-state index in [1.54, 1.807) is 13.3 Å². The average molecular weight is 509 g/mol. The molecule has 2 heterocycles. The summed E-state index contributed by atoms with van der Waals surface area (Å²) in [5.41, 5.74) is 2.49. The van der Waals surface area contributed by atoms with Crippen molar-refractivity contribution in [3.05, 3.63) is 59.8 Å². The molecule has 158 valence electrons. The van der Waals surface area contributed by atoms with Crippen molar-refractivity contribution < 1.29 is 4.74 Å². The van der Waals surface area contributed by atoms with Gasteiger partial charge >= 0.3 is 0 Å². The minimum atomic E-state index is 0. The second-order valence-electron chi connectivity index (χ2n) is 7.30. The molecular weight excluding hydrogens is 477 g/mol. The Balaban J connectivity index is 0.00000300. The molecule has 1 aliphatic heterocycles. The van der Waals surface area contributed by atoms with Crippen LogP contribution in [-0.4, -0.2) is 48.6 Å².